The molecule has 0 unspecified atom stereocenters. The number of hydrogen-bond donors (Lipinski definition) is 2. The number of halogens is 2. The predicted molar refractivity (Wildman–Crippen MR) is 86.5 cm³/mol. The molecule has 0 aliphatic heterocycles. The molecule has 0 saturated carbocycles. The summed E-state index contributed by atoms with van der Waals surface area (Å²) in [5.41, 5.74) is 1.05. The lowest BCUT2D eigenvalue weighted by atomic mass is 10.1. The van der Waals surface area contributed by atoms with E-state index in [1.807, 2.05) is 0 Å². The Morgan fingerprint density at radius 2 is 1.79 bits per heavy atom. The molecule has 122 valence electrons. The van der Waals surface area contributed by atoms with Crippen molar-refractivity contribution in [3.63, 3.8) is 0 Å². The molecule has 0 spiro atoms. The van der Waals surface area contributed by atoms with E-state index in [0.29, 0.717) is 11.4 Å². The van der Waals surface area contributed by atoms with E-state index in [-0.39, 0.29) is 17.2 Å². The zero-order valence-electron chi connectivity index (χ0n) is 12.6. The lowest BCUT2D eigenvalue weighted by molar-refractivity contribution is 0.415. The van der Waals surface area contributed by atoms with E-state index < -0.39 is 11.6 Å². The minimum Gasteiger partial charge on any atom is -0.497 e. The van der Waals surface area contributed by atoms with Crippen LogP contribution in [0.2, 0.25) is 0 Å². The van der Waals surface area contributed by atoms with Crippen molar-refractivity contribution in [1.82, 2.24) is 9.97 Å². The average molecular weight is 329 g/mol. The number of rotatable bonds is 4. The number of H-pyrrole nitrogens is 1. The van der Waals surface area contributed by atoms with Crippen LogP contribution in [0.1, 0.15) is 0 Å². The van der Waals surface area contributed by atoms with Crippen LogP contribution in [0.25, 0.3) is 11.3 Å². The highest BCUT2D eigenvalue weighted by Gasteiger charge is 2.07. The van der Waals surface area contributed by atoms with Crippen LogP contribution in [0.15, 0.2) is 53.3 Å². The van der Waals surface area contributed by atoms with Crippen LogP contribution in [0.5, 0.6) is 5.75 Å². The lowest BCUT2D eigenvalue weighted by Crippen LogP contribution is -2.10. The first-order valence-electron chi connectivity index (χ1n) is 7.03. The van der Waals surface area contributed by atoms with Crippen molar-refractivity contribution in [2.75, 3.05) is 12.4 Å². The molecule has 5 nitrogen and oxygen atoms in total. The SMILES string of the molecule is COc1ccc(-c2cc(=O)[nH]c(Nc3ccc(F)c(F)c3)n2)cc1. The van der Waals surface area contributed by atoms with E-state index in [9.17, 15) is 13.6 Å². The first-order chi connectivity index (χ1) is 11.5. The molecule has 0 bridgehead atoms. The maximum atomic E-state index is 13.3. The number of nitrogens with zero attached hydrogens (tertiary/aromatic N) is 1. The standard InChI is InChI=1S/C17H13F2N3O2/c1-24-12-5-2-10(3-6-12)15-9-16(23)22-17(21-15)20-11-4-7-13(18)14(19)8-11/h2-9H,1H3,(H2,20,21,22,23). The molecule has 24 heavy (non-hydrogen) atoms. The molecule has 2 N–H and O–H groups in total. The van der Waals surface area contributed by atoms with Crippen molar-refractivity contribution >= 4 is 11.6 Å². The van der Waals surface area contributed by atoms with Crippen LogP contribution in [0.4, 0.5) is 20.4 Å². The molecule has 0 radical (unpaired) electrons. The summed E-state index contributed by atoms with van der Waals surface area (Å²) in [6.45, 7) is 0. The first-order valence-corrected chi connectivity index (χ1v) is 7.03. The molecule has 7 heteroatoms. The van der Waals surface area contributed by atoms with E-state index in [0.717, 1.165) is 17.7 Å². The molecule has 0 atom stereocenters. The van der Waals surface area contributed by atoms with Crippen LogP contribution >= 0.6 is 0 Å². The number of aromatic amines is 1. The summed E-state index contributed by atoms with van der Waals surface area (Å²) in [6.07, 6.45) is 0. The van der Waals surface area contributed by atoms with E-state index in [4.69, 9.17) is 4.74 Å². The fourth-order valence-electron chi connectivity index (χ4n) is 2.14. The Bertz CT molecular complexity index is 924. The largest absolute Gasteiger partial charge is 0.497 e. The zero-order chi connectivity index (χ0) is 17.1. The summed E-state index contributed by atoms with van der Waals surface area (Å²) in [6, 6.07) is 11.7. The van der Waals surface area contributed by atoms with Gasteiger partial charge in [-0.2, -0.15) is 0 Å². The van der Waals surface area contributed by atoms with Crippen molar-refractivity contribution in [2.45, 2.75) is 0 Å². The second-order valence-electron chi connectivity index (χ2n) is 4.96. The van der Waals surface area contributed by atoms with Crippen molar-refractivity contribution < 1.29 is 13.5 Å². The quantitative estimate of drug-likeness (QED) is 0.769. The number of methoxy groups -OCH3 is 1. The van der Waals surface area contributed by atoms with Gasteiger partial charge in [0.15, 0.2) is 11.6 Å². The van der Waals surface area contributed by atoms with Crippen LogP contribution in [0.3, 0.4) is 0 Å². The Hall–Kier alpha value is -3.22. The summed E-state index contributed by atoms with van der Waals surface area (Å²) < 4.78 is 31.3. The van der Waals surface area contributed by atoms with Crippen LogP contribution < -0.4 is 15.6 Å². The fraction of sp³-hybridized carbons (Fsp3) is 0.0588. The van der Waals surface area contributed by atoms with Gasteiger partial charge < -0.3 is 10.1 Å². The number of anilines is 2. The highest BCUT2D eigenvalue weighted by molar-refractivity contribution is 5.62. The second kappa shape index (κ2) is 6.49. The van der Waals surface area contributed by atoms with Crippen LogP contribution in [-0.2, 0) is 0 Å². The van der Waals surface area contributed by atoms with E-state index >= 15 is 0 Å². The van der Waals surface area contributed by atoms with E-state index in [1.165, 1.54) is 12.1 Å². The first kappa shape index (κ1) is 15.7. The van der Waals surface area contributed by atoms with Crippen LogP contribution in [0, 0.1) is 11.6 Å². The molecule has 0 amide bonds. The Labute approximate surface area is 136 Å². The van der Waals surface area contributed by atoms with Crippen molar-refractivity contribution in [3.05, 3.63) is 70.5 Å². The molecule has 3 aromatic rings. The number of hydrogen-bond acceptors (Lipinski definition) is 4. The molecule has 1 aromatic heterocycles. The zero-order valence-corrected chi connectivity index (χ0v) is 12.6. The molecule has 1 heterocycles. The van der Waals surface area contributed by atoms with Gasteiger partial charge in [0.05, 0.1) is 12.8 Å². The normalized spacial score (nSPS) is 10.5. The van der Waals surface area contributed by atoms with Crippen molar-refractivity contribution in [2.24, 2.45) is 0 Å². The number of nitrogens with one attached hydrogen (secondary N) is 2. The van der Waals surface area contributed by atoms with Gasteiger partial charge in [-0.1, -0.05) is 0 Å². The topological polar surface area (TPSA) is 67.0 Å². The highest BCUT2D eigenvalue weighted by atomic mass is 19.2. The lowest BCUT2D eigenvalue weighted by Gasteiger charge is -2.08. The van der Waals surface area contributed by atoms with Crippen molar-refractivity contribution in [3.8, 4) is 17.0 Å². The van der Waals surface area contributed by atoms with Gasteiger partial charge in [-0.25, -0.2) is 13.8 Å². The van der Waals surface area contributed by atoms with Gasteiger partial charge in [0.2, 0.25) is 5.95 Å². The van der Waals surface area contributed by atoms with Crippen LogP contribution in [-0.4, -0.2) is 17.1 Å². The van der Waals surface area contributed by atoms with Gasteiger partial charge in [-0.3, -0.25) is 9.78 Å². The predicted octanol–water partition coefficient (Wildman–Crippen LogP) is 3.47. The Morgan fingerprint density at radius 1 is 1.04 bits per heavy atom. The minimum atomic E-state index is -0.992. The third-order valence-corrected chi connectivity index (χ3v) is 3.31. The summed E-state index contributed by atoms with van der Waals surface area (Å²) >= 11 is 0. The van der Waals surface area contributed by atoms with E-state index in [1.54, 1.807) is 31.4 Å². The fourth-order valence-corrected chi connectivity index (χ4v) is 2.14. The number of ether oxygens (including phenoxy) is 1. The molecule has 0 aliphatic carbocycles. The van der Waals surface area contributed by atoms with Gasteiger partial charge in [0.1, 0.15) is 5.75 Å². The third-order valence-electron chi connectivity index (χ3n) is 3.31. The average Bonchev–Trinajstić information content (AvgIpc) is 2.58. The smallest absolute Gasteiger partial charge is 0.252 e. The Balaban J connectivity index is 1.93. The monoisotopic (exact) mass is 329 g/mol. The van der Waals surface area contributed by atoms with Crippen molar-refractivity contribution in [1.29, 1.82) is 0 Å². The molecular weight excluding hydrogens is 316 g/mol. The number of aromatic nitrogens is 2. The molecule has 0 fully saturated rings. The van der Waals surface area contributed by atoms with Gasteiger partial charge >= 0.3 is 0 Å². The van der Waals surface area contributed by atoms with Gasteiger partial charge in [-0.05, 0) is 36.4 Å². The molecular formula is C17H13F2N3O2. The van der Waals surface area contributed by atoms with E-state index in [2.05, 4.69) is 15.3 Å². The molecule has 3 rings (SSSR count). The Morgan fingerprint density at radius 3 is 2.46 bits per heavy atom. The second-order valence-corrected chi connectivity index (χ2v) is 4.96. The maximum absolute atomic E-state index is 13.3. The molecule has 0 aliphatic rings. The molecule has 2 aromatic carbocycles. The third kappa shape index (κ3) is 3.40. The maximum Gasteiger partial charge on any atom is 0.252 e. The highest BCUT2D eigenvalue weighted by Crippen LogP contribution is 2.21. The summed E-state index contributed by atoms with van der Waals surface area (Å²) in [4.78, 5) is 18.6. The summed E-state index contributed by atoms with van der Waals surface area (Å²) in [5.74, 6) is -1.13. The van der Waals surface area contributed by atoms with Gasteiger partial charge in [0.25, 0.3) is 5.56 Å². The Kier molecular flexibility index (Phi) is 4.24. The molecule has 0 saturated heterocycles. The minimum absolute atomic E-state index is 0.124. The number of benzene rings is 2. The van der Waals surface area contributed by atoms with Gasteiger partial charge in [0, 0.05) is 23.4 Å². The summed E-state index contributed by atoms with van der Waals surface area (Å²) in [7, 11) is 1.56. The summed E-state index contributed by atoms with van der Waals surface area (Å²) in [5, 5.41) is 2.75. The van der Waals surface area contributed by atoms with Gasteiger partial charge in [-0.15, -0.1) is 0 Å².